The predicted octanol–water partition coefficient (Wildman–Crippen LogP) is 1.47. The van der Waals surface area contributed by atoms with Crippen LogP contribution in [0.2, 0.25) is 0 Å². The Morgan fingerprint density at radius 1 is 1.62 bits per heavy atom. The van der Waals surface area contributed by atoms with Crippen LogP contribution in [0.4, 0.5) is 0 Å². The Bertz CT molecular complexity index is 277. The normalized spacial score (nSPS) is 16.9. The van der Waals surface area contributed by atoms with Crippen molar-refractivity contribution in [3.8, 4) is 0 Å². The molecule has 0 amide bonds. The van der Waals surface area contributed by atoms with E-state index < -0.39 is 0 Å². The fourth-order valence-electron chi connectivity index (χ4n) is 1.49. The third-order valence-electron chi connectivity index (χ3n) is 2.33. The molecule has 1 aliphatic rings. The van der Waals surface area contributed by atoms with E-state index in [4.69, 9.17) is 0 Å². The van der Waals surface area contributed by atoms with Crippen LogP contribution in [-0.4, -0.2) is 18.9 Å². The number of nitrogens with one attached hydrogen (secondary N) is 1. The highest BCUT2D eigenvalue weighted by molar-refractivity contribution is 7.10. The first-order chi connectivity index (χ1) is 6.34. The Balaban J connectivity index is 1.78. The van der Waals surface area contributed by atoms with Gasteiger partial charge in [-0.1, -0.05) is 6.07 Å². The van der Waals surface area contributed by atoms with Gasteiger partial charge in [0.2, 0.25) is 0 Å². The lowest BCUT2D eigenvalue weighted by Gasteiger charge is -2.26. The fraction of sp³-hybridized carbons (Fsp3) is 0.500. The van der Waals surface area contributed by atoms with Crippen molar-refractivity contribution in [1.82, 2.24) is 5.32 Å². The lowest BCUT2D eigenvalue weighted by atomic mass is 9.95. The number of carbonyl (C=O) groups is 1. The van der Waals surface area contributed by atoms with Crippen LogP contribution >= 0.6 is 11.3 Å². The first kappa shape index (κ1) is 8.91. The summed E-state index contributed by atoms with van der Waals surface area (Å²) in [6.45, 7) is 2.05. The monoisotopic (exact) mass is 195 g/mol. The summed E-state index contributed by atoms with van der Waals surface area (Å²) in [4.78, 5) is 12.7. The summed E-state index contributed by atoms with van der Waals surface area (Å²) < 4.78 is 0. The second-order valence-electron chi connectivity index (χ2n) is 3.52. The van der Waals surface area contributed by atoms with Crippen molar-refractivity contribution in [2.24, 2.45) is 5.92 Å². The van der Waals surface area contributed by atoms with Crippen LogP contribution in [0.25, 0.3) is 0 Å². The molecular formula is C10H13NOS. The van der Waals surface area contributed by atoms with Crippen molar-refractivity contribution < 1.29 is 4.79 Å². The Labute approximate surface area is 82.0 Å². The van der Waals surface area contributed by atoms with Gasteiger partial charge in [-0.25, -0.2) is 0 Å². The van der Waals surface area contributed by atoms with E-state index in [1.807, 2.05) is 17.5 Å². The summed E-state index contributed by atoms with van der Waals surface area (Å²) in [6, 6.07) is 4.03. The Morgan fingerprint density at radius 2 is 2.46 bits per heavy atom. The molecule has 1 aliphatic heterocycles. The summed E-state index contributed by atoms with van der Waals surface area (Å²) in [6.07, 6.45) is 1.39. The summed E-state index contributed by atoms with van der Waals surface area (Å²) in [5, 5.41) is 5.20. The minimum Gasteiger partial charge on any atom is -0.316 e. The van der Waals surface area contributed by atoms with Crippen LogP contribution in [0.15, 0.2) is 17.5 Å². The summed E-state index contributed by atoms with van der Waals surface area (Å²) in [5.74, 6) is 0.987. The van der Waals surface area contributed by atoms with Crippen molar-refractivity contribution in [2.45, 2.75) is 12.8 Å². The van der Waals surface area contributed by atoms with Crippen molar-refractivity contribution in [3.05, 3.63) is 22.4 Å². The molecule has 0 atom stereocenters. The van der Waals surface area contributed by atoms with Gasteiger partial charge in [-0.3, -0.25) is 4.79 Å². The minimum atomic E-state index is 0.383. The maximum atomic E-state index is 11.5. The molecule has 13 heavy (non-hydrogen) atoms. The molecular weight excluding hydrogens is 182 g/mol. The zero-order chi connectivity index (χ0) is 9.10. The van der Waals surface area contributed by atoms with Crippen LogP contribution in [0, 0.1) is 5.92 Å². The molecule has 0 spiro atoms. The van der Waals surface area contributed by atoms with E-state index in [1.165, 1.54) is 4.88 Å². The summed E-state index contributed by atoms with van der Waals surface area (Å²) in [7, 11) is 0. The Morgan fingerprint density at radius 3 is 3.00 bits per heavy atom. The molecule has 0 aliphatic carbocycles. The van der Waals surface area contributed by atoms with Crippen LogP contribution in [-0.2, 0) is 11.2 Å². The van der Waals surface area contributed by atoms with Crippen molar-refractivity contribution >= 4 is 17.1 Å². The first-order valence-electron chi connectivity index (χ1n) is 4.59. The number of Topliss-reactive ketones (excluding diaryl/α,β-unsaturated/α-hetero) is 1. The van der Waals surface area contributed by atoms with E-state index in [1.54, 1.807) is 11.3 Å². The highest BCUT2D eigenvalue weighted by atomic mass is 32.1. The standard InChI is InChI=1S/C10H13NOS/c12-9(4-8-6-11-7-8)5-10-2-1-3-13-10/h1-3,8,11H,4-7H2. The van der Waals surface area contributed by atoms with Crippen LogP contribution in [0.1, 0.15) is 11.3 Å². The first-order valence-corrected chi connectivity index (χ1v) is 5.47. The number of thiophene rings is 1. The van der Waals surface area contributed by atoms with Gasteiger partial charge < -0.3 is 5.32 Å². The summed E-state index contributed by atoms with van der Waals surface area (Å²) in [5.41, 5.74) is 0. The lowest BCUT2D eigenvalue weighted by molar-refractivity contribution is -0.119. The highest BCUT2D eigenvalue weighted by Gasteiger charge is 2.19. The molecule has 1 saturated heterocycles. The molecule has 0 bridgehead atoms. The van der Waals surface area contributed by atoms with Gasteiger partial charge in [0, 0.05) is 17.7 Å². The van der Waals surface area contributed by atoms with Gasteiger partial charge in [0.15, 0.2) is 0 Å². The molecule has 2 heterocycles. The molecule has 70 valence electrons. The smallest absolute Gasteiger partial charge is 0.138 e. The van der Waals surface area contributed by atoms with E-state index in [9.17, 15) is 4.79 Å². The number of hydrogen-bond donors (Lipinski definition) is 1. The number of rotatable bonds is 4. The molecule has 0 saturated carbocycles. The molecule has 0 unspecified atom stereocenters. The highest BCUT2D eigenvalue weighted by Crippen LogP contribution is 2.14. The average Bonchev–Trinajstić information content (AvgIpc) is 2.49. The van der Waals surface area contributed by atoms with Crippen LogP contribution in [0.5, 0.6) is 0 Å². The summed E-state index contributed by atoms with van der Waals surface area (Å²) >= 11 is 1.67. The van der Waals surface area contributed by atoms with Gasteiger partial charge in [-0.2, -0.15) is 0 Å². The average molecular weight is 195 g/mol. The fourth-order valence-corrected chi connectivity index (χ4v) is 2.23. The van der Waals surface area contributed by atoms with Crippen molar-refractivity contribution in [2.75, 3.05) is 13.1 Å². The van der Waals surface area contributed by atoms with E-state index >= 15 is 0 Å². The van der Waals surface area contributed by atoms with Gasteiger partial charge in [0.25, 0.3) is 0 Å². The molecule has 2 nitrogen and oxygen atoms in total. The molecule has 1 aromatic heterocycles. The van der Waals surface area contributed by atoms with Crippen molar-refractivity contribution in [3.63, 3.8) is 0 Å². The lowest BCUT2D eigenvalue weighted by Crippen LogP contribution is -2.43. The predicted molar refractivity (Wildman–Crippen MR) is 54.0 cm³/mol. The molecule has 0 radical (unpaired) electrons. The number of carbonyl (C=O) groups excluding carboxylic acids is 1. The number of ketones is 1. The Kier molecular flexibility index (Phi) is 2.76. The molecule has 2 rings (SSSR count). The Hall–Kier alpha value is -0.670. The van der Waals surface area contributed by atoms with E-state index in [-0.39, 0.29) is 0 Å². The molecule has 1 aromatic rings. The molecule has 0 aromatic carbocycles. The zero-order valence-electron chi connectivity index (χ0n) is 7.45. The van der Waals surface area contributed by atoms with Gasteiger partial charge >= 0.3 is 0 Å². The van der Waals surface area contributed by atoms with E-state index in [0.717, 1.165) is 19.5 Å². The molecule has 1 N–H and O–H groups in total. The quantitative estimate of drug-likeness (QED) is 0.788. The van der Waals surface area contributed by atoms with E-state index in [2.05, 4.69) is 5.32 Å². The van der Waals surface area contributed by atoms with Gasteiger partial charge in [0.1, 0.15) is 5.78 Å². The van der Waals surface area contributed by atoms with Gasteiger partial charge in [-0.15, -0.1) is 11.3 Å². The van der Waals surface area contributed by atoms with Crippen molar-refractivity contribution in [1.29, 1.82) is 0 Å². The van der Waals surface area contributed by atoms with Crippen LogP contribution < -0.4 is 5.32 Å². The minimum absolute atomic E-state index is 0.383. The molecule has 3 heteroatoms. The maximum absolute atomic E-state index is 11.5. The maximum Gasteiger partial charge on any atom is 0.138 e. The van der Waals surface area contributed by atoms with Gasteiger partial charge in [-0.05, 0) is 30.5 Å². The SMILES string of the molecule is O=C(Cc1cccs1)CC1CNC1. The second kappa shape index (κ2) is 4.03. The number of hydrogen-bond acceptors (Lipinski definition) is 3. The second-order valence-corrected chi connectivity index (χ2v) is 4.56. The van der Waals surface area contributed by atoms with Gasteiger partial charge in [0.05, 0.1) is 0 Å². The largest absolute Gasteiger partial charge is 0.316 e. The molecule has 1 fully saturated rings. The zero-order valence-corrected chi connectivity index (χ0v) is 8.27. The third-order valence-corrected chi connectivity index (χ3v) is 3.21. The van der Waals surface area contributed by atoms with E-state index in [0.29, 0.717) is 18.1 Å². The topological polar surface area (TPSA) is 29.1 Å². The third kappa shape index (κ3) is 2.39. The van der Waals surface area contributed by atoms with Crippen LogP contribution in [0.3, 0.4) is 0 Å².